The lowest BCUT2D eigenvalue weighted by Crippen LogP contribution is -2.00. The second-order valence-corrected chi connectivity index (χ2v) is 7.73. The lowest BCUT2D eigenvalue weighted by molar-refractivity contribution is 0.395. The topological polar surface area (TPSA) is 56.3 Å². The largest absolute Gasteiger partial charge is 0.497 e. The molecule has 0 atom stereocenters. The van der Waals surface area contributed by atoms with E-state index < -0.39 is 0 Å². The lowest BCUT2D eigenvalue weighted by Gasteiger charge is -2.14. The zero-order valence-electron chi connectivity index (χ0n) is 16.5. The summed E-state index contributed by atoms with van der Waals surface area (Å²) >= 11 is 1.60. The number of anilines is 2. The van der Waals surface area contributed by atoms with E-state index in [4.69, 9.17) is 9.47 Å². The maximum atomic E-state index is 13.4. The van der Waals surface area contributed by atoms with E-state index in [0.29, 0.717) is 23.1 Å². The van der Waals surface area contributed by atoms with Crippen molar-refractivity contribution in [3.8, 4) is 22.6 Å². The number of thiophene rings is 1. The first-order valence-electron chi connectivity index (χ1n) is 9.03. The van der Waals surface area contributed by atoms with Crippen LogP contribution in [0.2, 0.25) is 0 Å². The summed E-state index contributed by atoms with van der Waals surface area (Å²) in [5, 5.41) is 4.30. The quantitative estimate of drug-likeness (QED) is 0.446. The molecule has 0 aliphatic carbocycles. The van der Waals surface area contributed by atoms with E-state index in [2.05, 4.69) is 15.3 Å². The Morgan fingerprint density at radius 2 is 1.72 bits per heavy atom. The Bertz CT molecular complexity index is 1190. The molecule has 5 nitrogen and oxygen atoms in total. The van der Waals surface area contributed by atoms with Gasteiger partial charge in [-0.1, -0.05) is 12.1 Å². The van der Waals surface area contributed by atoms with Crippen LogP contribution in [-0.4, -0.2) is 24.2 Å². The predicted octanol–water partition coefficient (Wildman–Crippen LogP) is 5.88. The molecule has 2 aromatic heterocycles. The van der Waals surface area contributed by atoms with Crippen molar-refractivity contribution in [3.05, 3.63) is 59.0 Å². The average molecular weight is 409 g/mol. The summed E-state index contributed by atoms with van der Waals surface area (Å²) in [6, 6.07) is 12.0. The monoisotopic (exact) mass is 409 g/mol. The van der Waals surface area contributed by atoms with Gasteiger partial charge in [0.2, 0.25) is 0 Å². The molecule has 2 heterocycles. The molecule has 7 heteroatoms. The zero-order valence-corrected chi connectivity index (χ0v) is 17.4. The van der Waals surface area contributed by atoms with Gasteiger partial charge in [-0.05, 0) is 43.7 Å². The summed E-state index contributed by atoms with van der Waals surface area (Å²) < 4.78 is 24.2. The number of ether oxygens (including phenoxy) is 2. The molecule has 0 amide bonds. The van der Waals surface area contributed by atoms with Gasteiger partial charge in [-0.15, -0.1) is 11.3 Å². The Morgan fingerprint density at radius 3 is 2.41 bits per heavy atom. The van der Waals surface area contributed by atoms with Crippen LogP contribution in [0.3, 0.4) is 0 Å². The van der Waals surface area contributed by atoms with Gasteiger partial charge < -0.3 is 14.8 Å². The molecular formula is C22H20FN3O2S. The summed E-state index contributed by atoms with van der Waals surface area (Å²) in [4.78, 5) is 11.2. The Hall–Kier alpha value is -3.19. The smallest absolute Gasteiger partial charge is 0.146 e. The minimum absolute atomic E-state index is 0.264. The highest BCUT2D eigenvalue weighted by molar-refractivity contribution is 7.19. The van der Waals surface area contributed by atoms with Gasteiger partial charge in [0.25, 0.3) is 0 Å². The van der Waals surface area contributed by atoms with E-state index in [1.54, 1.807) is 37.7 Å². The van der Waals surface area contributed by atoms with Gasteiger partial charge in [-0.25, -0.2) is 14.4 Å². The van der Waals surface area contributed by atoms with Crippen molar-refractivity contribution in [2.45, 2.75) is 13.8 Å². The number of aryl methyl sites for hydroxylation is 2. The Kier molecular flexibility index (Phi) is 5.07. The van der Waals surface area contributed by atoms with E-state index in [9.17, 15) is 4.39 Å². The number of methoxy groups -OCH3 is 2. The van der Waals surface area contributed by atoms with E-state index in [-0.39, 0.29) is 5.82 Å². The molecule has 0 bridgehead atoms. The molecule has 0 aliphatic heterocycles. The molecule has 0 saturated carbocycles. The second-order valence-electron chi connectivity index (χ2n) is 6.53. The number of fused-ring (bicyclic) bond motifs is 1. The molecule has 2 aromatic carbocycles. The highest BCUT2D eigenvalue weighted by Gasteiger charge is 2.19. The molecule has 0 fully saturated rings. The summed E-state index contributed by atoms with van der Waals surface area (Å²) in [6.07, 6.45) is 0. The zero-order chi connectivity index (χ0) is 20.5. The van der Waals surface area contributed by atoms with Gasteiger partial charge in [0, 0.05) is 16.5 Å². The van der Waals surface area contributed by atoms with E-state index >= 15 is 0 Å². The van der Waals surface area contributed by atoms with Gasteiger partial charge in [0.1, 0.15) is 33.8 Å². The lowest BCUT2D eigenvalue weighted by atomic mass is 10.0. The van der Waals surface area contributed by atoms with Crippen molar-refractivity contribution in [1.82, 2.24) is 9.97 Å². The van der Waals surface area contributed by atoms with Crippen molar-refractivity contribution in [2.75, 3.05) is 19.5 Å². The standard InChI is InChI=1S/C22H20FN3O2S/c1-12-19(14-5-7-15(23)8-6-14)20-21(24-13(2)25-22(20)29-12)26-17-10-9-16(27-3)11-18(17)28-4/h5-11H,1-4H3,(H,24,25,26). The molecule has 29 heavy (non-hydrogen) atoms. The third-order valence-electron chi connectivity index (χ3n) is 4.63. The molecule has 0 radical (unpaired) electrons. The van der Waals surface area contributed by atoms with Crippen LogP contribution in [0.1, 0.15) is 10.7 Å². The second kappa shape index (κ2) is 7.67. The van der Waals surface area contributed by atoms with Gasteiger partial charge in [0.15, 0.2) is 0 Å². The SMILES string of the molecule is COc1ccc(Nc2nc(C)nc3sc(C)c(-c4ccc(F)cc4)c23)c(OC)c1. The van der Waals surface area contributed by atoms with Crippen molar-refractivity contribution < 1.29 is 13.9 Å². The highest BCUT2D eigenvalue weighted by Crippen LogP contribution is 2.42. The fraction of sp³-hybridized carbons (Fsp3) is 0.182. The molecule has 0 saturated heterocycles. The van der Waals surface area contributed by atoms with E-state index in [1.807, 2.05) is 32.0 Å². The van der Waals surface area contributed by atoms with Crippen molar-refractivity contribution >= 4 is 33.1 Å². The first-order valence-corrected chi connectivity index (χ1v) is 9.84. The van der Waals surface area contributed by atoms with Crippen LogP contribution >= 0.6 is 11.3 Å². The number of hydrogen-bond donors (Lipinski definition) is 1. The van der Waals surface area contributed by atoms with Crippen LogP contribution < -0.4 is 14.8 Å². The highest BCUT2D eigenvalue weighted by atomic mass is 32.1. The minimum atomic E-state index is -0.264. The number of nitrogens with zero attached hydrogens (tertiary/aromatic N) is 2. The van der Waals surface area contributed by atoms with E-state index in [0.717, 1.165) is 31.9 Å². The van der Waals surface area contributed by atoms with Crippen LogP contribution in [0.5, 0.6) is 11.5 Å². The number of nitrogens with one attached hydrogen (secondary N) is 1. The van der Waals surface area contributed by atoms with Crippen LogP contribution in [0.4, 0.5) is 15.9 Å². The molecule has 1 N–H and O–H groups in total. The average Bonchev–Trinajstić information content (AvgIpc) is 3.04. The molecule has 4 aromatic rings. The Morgan fingerprint density at radius 1 is 0.966 bits per heavy atom. The normalized spacial score (nSPS) is 10.9. The molecule has 0 aliphatic rings. The number of halogens is 1. The summed E-state index contributed by atoms with van der Waals surface area (Å²) in [7, 11) is 3.22. The number of benzene rings is 2. The molecule has 0 unspecified atom stereocenters. The fourth-order valence-corrected chi connectivity index (χ4v) is 4.39. The maximum absolute atomic E-state index is 13.4. The number of hydrogen-bond acceptors (Lipinski definition) is 6. The summed E-state index contributed by atoms with van der Waals surface area (Å²) in [5.41, 5.74) is 2.69. The molecule has 4 rings (SSSR count). The summed E-state index contributed by atoms with van der Waals surface area (Å²) in [5.74, 6) is 2.43. The maximum Gasteiger partial charge on any atom is 0.146 e. The third kappa shape index (κ3) is 3.61. The molecular weight excluding hydrogens is 389 g/mol. The first kappa shape index (κ1) is 19.1. The first-order chi connectivity index (χ1) is 14.0. The van der Waals surface area contributed by atoms with Crippen molar-refractivity contribution in [2.24, 2.45) is 0 Å². The van der Waals surface area contributed by atoms with Crippen molar-refractivity contribution in [1.29, 1.82) is 0 Å². The van der Waals surface area contributed by atoms with Gasteiger partial charge >= 0.3 is 0 Å². The molecule has 148 valence electrons. The molecule has 0 spiro atoms. The van der Waals surface area contributed by atoms with Gasteiger partial charge in [0.05, 0.1) is 25.3 Å². The number of aromatic nitrogens is 2. The fourth-order valence-electron chi connectivity index (χ4n) is 3.30. The van der Waals surface area contributed by atoms with Gasteiger partial charge in [-0.2, -0.15) is 0 Å². The van der Waals surface area contributed by atoms with Crippen LogP contribution in [0, 0.1) is 19.7 Å². The third-order valence-corrected chi connectivity index (χ3v) is 5.63. The predicted molar refractivity (Wildman–Crippen MR) is 115 cm³/mol. The van der Waals surface area contributed by atoms with Crippen molar-refractivity contribution in [3.63, 3.8) is 0 Å². The Balaban J connectivity index is 1.90. The van der Waals surface area contributed by atoms with Gasteiger partial charge in [-0.3, -0.25) is 0 Å². The van der Waals surface area contributed by atoms with E-state index in [1.165, 1.54) is 12.1 Å². The minimum Gasteiger partial charge on any atom is -0.497 e. The number of rotatable bonds is 5. The summed E-state index contributed by atoms with van der Waals surface area (Å²) in [6.45, 7) is 3.90. The van der Waals surface area contributed by atoms with Crippen LogP contribution in [-0.2, 0) is 0 Å². The Labute approximate surface area is 172 Å². The van der Waals surface area contributed by atoms with Crippen LogP contribution in [0.25, 0.3) is 21.3 Å². The van der Waals surface area contributed by atoms with Crippen LogP contribution in [0.15, 0.2) is 42.5 Å².